The highest BCUT2D eigenvalue weighted by Crippen LogP contribution is 2.22. The van der Waals surface area contributed by atoms with Gasteiger partial charge in [-0.2, -0.15) is 0 Å². The first kappa shape index (κ1) is 18.5. The second kappa shape index (κ2) is 9.43. The van der Waals surface area contributed by atoms with Crippen LogP contribution in [0.25, 0.3) is 0 Å². The molecule has 0 spiro atoms. The van der Waals surface area contributed by atoms with Crippen LogP contribution >= 0.6 is 0 Å². The van der Waals surface area contributed by atoms with Gasteiger partial charge in [0.05, 0.1) is 12.3 Å². The van der Waals surface area contributed by atoms with Crippen molar-refractivity contribution in [3.05, 3.63) is 90.0 Å². The number of benzene rings is 3. The van der Waals surface area contributed by atoms with Crippen molar-refractivity contribution in [2.75, 3.05) is 11.9 Å². The molecule has 2 N–H and O–H groups in total. The number of unbranched alkanes of at least 4 members (excludes halogenated alkanes) is 1. The van der Waals surface area contributed by atoms with Gasteiger partial charge in [0, 0.05) is 5.56 Å². The lowest BCUT2D eigenvalue weighted by molar-refractivity contribution is 0.102. The van der Waals surface area contributed by atoms with Gasteiger partial charge in [-0.15, -0.1) is 0 Å². The lowest BCUT2D eigenvalue weighted by Gasteiger charge is -2.09. The van der Waals surface area contributed by atoms with Crippen molar-refractivity contribution < 1.29 is 14.6 Å². The Morgan fingerprint density at radius 3 is 2.30 bits per heavy atom. The third kappa shape index (κ3) is 5.61. The molecule has 0 radical (unpaired) electrons. The Bertz CT molecular complexity index is 860. The fourth-order valence-electron chi connectivity index (χ4n) is 2.74. The van der Waals surface area contributed by atoms with E-state index in [1.807, 2.05) is 6.07 Å². The number of anilines is 1. The third-order valence-corrected chi connectivity index (χ3v) is 4.24. The Labute approximate surface area is 159 Å². The molecule has 0 unspecified atom stereocenters. The minimum Gasteiger partial charge on any atom is -0.506 e. The number of amides is 1. The molecule has 0 aliphatic carbocycles. The normalized spacial score (nSPS) is 10.4. The lowest BCUT2D eigenvalue weighted by Crippen LogP contribution is -2.11. The van der Waals surface area contributed by atoms with Gasteiger partial charge in [0.2, 0.25) is 0 Å². The topological polar surface area (TPSA) is 58.6 Å². The number of carbonyl (C=O) groups excluding carboxylic acids is 1. The number of hydrogen-bond acceptors (Lipinski definition) is 3. The van der Waals surface area contributed by atoms with E-state index in [0.717, 1.165) is 25.0 Å². The van der Waals surface area contributed by atoms with E-state index < -0.39 is 0 Å². The molecule has 27 heavy (non-hydrogen) atoms. The first-order chi connectivity index (χ1) is 13.2. The summed E-state index contributed by atoms with van der Waals surface area (Å²) in [5.74, 6) is 0.515. The predicted octanol–water partition coefficient (Wildman–Crippen LogP) is 5.05. The second-order valence-corrected chi connectivity index (χ2v) is 6.29. The average molecular weight is 361 g/mol. The maximum atomic E-state index is 12.2. The van der Waals surface area contributed by atoms with Crippen molar-refractivity contribution in [3.8, 4) is 11.5 Å². The first-order valence-corrected chi connectivity index (χ1v) is 9.08. The predicted molar refractivity (Wildman–Crippen MR) is 107 cm³/mol. The number of phenolic OH excluding ortho intramolecular Hbond substituents is 1. The smallest absolute Gasteiger partial charge is 0.255 e. The lowest BCUT2D eigenvalue weighted by atomic mass is 10.1. The van der Waals surface area contributed by atoms with Crippen LogP contribution in [0.5, 0.6) is 11.5 Å². The van der Waals surface area contributed by atoms with Crippen LogP contribution in [0.2, 0.25) is 0 Å². The summed E-state index contributed by atoms with van der Waals surface area (Å²) in [6.07, 6.45) is 3.10. The Balaban J connectivity index is 1.43. The number of aromatic hydroxyl groups is 1. The number of phenols is 1. The van der Waals surface area contributed by atoms with Gasteiger partial charge in [0.1, 0.15) is 11.5 Å². The molecule has 138 valence electrons. The van der Waals surface area contributed by atoms with Crippen molar-refractivity contribution in [1.29, 1.82) is 0 Å². The summed E-state index contributed by atoms with van der Waals surface area (Å²) in [6.45, 7) is 0.649. The zero-order valence-corrected chi connectivity index (χ0v) is 15.1. The van der Waals surface area contributed by atoms with Gasteiger partial charge in [-0.1, -0.05) is 42.5 Å². The van der Waals surface area contributed by atoms with E-state index in [1.54, 1.807) is 42.5 Å². The van der Waals surface area contributed by atoms with Gasteiger partial charge in [-0.25, -0.2) is 0 Å². The van der Waals surface area contributed by atoms with Gasteiger partial charge in [0.15, 0.2) is 0 Å². The van der Waals surface area contributed by atoms with E-state index in [9.17, 15) is 9.90 Å². The summed E-state index contributed by atoms with van der Waals surface area (Å²) in [4.78, 5) is 12.2. The molecule has 0 saturated heterocycles. The van der Waals surface area contributed by atoms with Crippen LogP contribution < -0.4 is 10.1 Å². The van der Waals surface area contributed by atoms with Crippen molar-refractivity contribution >= 4 is 11.6 Å². The van der Waals surface area contributed by atoms with Gasteiger partial charge < -0.3 is 15.2 Å². The number of rotatable bonds is 8. The molecular formula is C23H23NO3. The Morgan fingerprint density at radius 1 is 0.852 bits per heavy atom. The van der Waals surface area contributed by atoms with Crippen LogP contribution in [-0.4, -0.2) is 17.6 Å². The number of aryl methyl sites for hydroxylation is 1. The summed E-state index contributed by atoms with van der Waals surface area (Å²) in [5.41, 5.74) is 2.24. The highest BCUT2D eigenvalue weighted by atomic mass is 16.5. The fourth-order valence-corrected chi connectivity index (χ4v) is 2.74. The Kier molecular flexibility index (Phi) is 6.47. The third-order valence-electron chi connectivity index (χ3n) is 4.24. The van der Waals surface area contributed by atoms with Gasteiger partial charge in [-0.05, 0) is 61.2 Å². The maximum absolute atomic E-state index is 12.2. The molecule has 0 atom stereocenters. The largest absolute Gasteiger partial charge is 0.506 e. The molecule has 0 saturated carbocycles. The number of para-hydroxylation sites is 2. The molecule has 0 heterocycles. The molecule has 3 rings (SSSR count). The average Bonchev–Trinajstić information content (AvgIpc) is 2.71. The summed E-state index contributed by atoms with van der Waals surface area (Å²) in [7, 11) is 0. The van der Waals surface area contributed by atoms with Gasteiger partial charge >= 0.3 is 0 Å². The molecule has 1 amide bonds. The highest BCUT2D eigenvalue weighted by Gasteiger charge is 2.08. The van der Waals surface area contributed by atoms with Gasteiger partial charge in [-0.3, -0.25) is 4.79 Å². The fraction of sp³-hybridized carbons (Fsp3) is 0.174. The van der Waals surface area contributed by atoms with Crippen molar-refractivity contribution in [3.63, 3.8) is 0 Å². The monoisotopic (exact) mass is 361 g/mol. The Morgan fingerprint density at radius 2 is 1.56 bits per heavy atom. The van der Waals surface area contributed by atoms with E-state index in [4.69, 9.17) is 4.74 Å². The summed E-state index contributed by atoms with van der Waals surface area (Å²) in [5, 5.41) is 12.4. The quantitative estimate of drug-likeness (QED) is 0.436. The van der Waals surface area contributed by atoms with Crippen LogP contribution in [0, 0.1) is 0 Å². The molecule has 0 bridgehead atoms. The second-order valence-electron chi connectivity index (χ2n) is 6.29. The molecule has 4 nitrogen and oxygen atoms in total. The van der Waals surface area contributed by atoms with E-state index >= 15 is 0 Å². The van der Waals surface area contributed by atoms with E-state index in [1.165, 1.54) is 11.6 Å². The molecule has 0 fully saturated rings. The van der Waals surface area contributed by atoms with E-state index in [2.05, 4.69) is 29.6 Å². The minimum absolute atomic E-state index is 0.0429. The van der Waals surface area contributed by atoms with E-state index in [0.29, 0.717) is 17.9 Å². The van der Waals surface area contributed by atoms with Crippen LogP contribution in [0.1, 0.15) is 28.8 Å². The number of hydrogen-bond donors (Lipinski definition) is 2. The van der Waals surface area contributed by atoms with E-state index in [-0.39, 0.29) is 11.7 Å². The number of carbonyl (C=O) groups is 1. The molecule has 3 aromatic rings. The van der Waals surface area contributed by atoms with Crippen LogP contribution in [0.15, 0.2) is 78.9 Å². The molecule has 0 aromatic heterocycles. The molecule has 0 aliphatic rings. The van der Waals surface area contributed by atoms with Crippen LogP contribution in [0.3, 0.4) is 0 Å². The zero-order valence-electron chi connectivity index (χ0n) is 15.1. The summed E-state index contributed by atoms with van der Waals surface area (Å²) in [6, 6.07) is 24.1. The van der Waals surface area contributed by atoms with Crippen molar-refractivity contribution in [2.45, 2.75) is 19.3 Å². The minimum atomic E-state index is -0.272. The highest BCUT2D eigenvalue weighted by molar-refractivity contribution is 6.05. The maximum Gasteiger partial charge on any atom is 0.255 e. The number of nitrogens with one attached hydrogen (secondary N) is 1. The molecule has 0 aliphatic heterocycles. The molecular weight excluding hydrogens is 338 g/mol. The molecule has 4 heteroatoms. The van der Waals surface area contributed by atoms with Crippen LogP contribution in [0.4, 0.5) is 5.69 Å². The first-order valence-electron chi connectivity index (χ1n) is 9.08. The summed E-state index contributed by atoms with van der Waals surface area (Å²) >= 11 is 0. The van der Waals surface area contributed by atoms with Crippen LogP contribution in [-0.2, 0) is 6.42 Å². The van der Waals surface area contributed by atoms with Gasteiger partial charge in [0.25, 0.3) is 5.91 Å². The SMILES string of the molecule is O=C(Nc1ccccc1O)c1ccc(OCCCCc2ccccc2)cc1. The van der Waals surface area contributed by atoms with Crippen molar-refractivity contribution in [1.82, 2.24) is 0 Å². The number of ether oxygens (including phenoxy) is 1. The molecule has 3 aromatic carbocycles. The standard InChI is InChI=1S/C23H23NO3/c25-22-12-5-4-11-21(22)24-23(26)19-13-15-20(16-14-19)27-17-7-6-10-18-8-2-1-3-9-18/h1-5,8-9,11-16,25H,6-7,10,17H2,(H,24,26). The van der Waals surface area contributed by atoms with Crippen molar-refractivity contribution in [2.24, 2.45) is 0 Å². The zero-order chi connectivity index (χ0) is 18.9. The Hall–Kier alpha value is -3.27. The summed E-state index contributed by atoms with van der Waals surface area (Å²) < 4.78 is 5.74.